The molecule has 0 spiro atoms. The number of nitrogens with zero attached hydrogens (tertiary/aromatic N) is 4. The highest BCUT2D eigenvalue weighted by Gasteiger charge is 2.23. The number of nitrogens with one attached hydrogen (secondary N) is 1. The monoisotopic (exact) mass is 559 g/mol. The van der Waals surface area contributed by atoms with Crippen molar-refractivity contribution in [2.45, 2.75) is 47.2 Å². The summed E-state index contributed by atoms with van der Waals surface area (Å²) in [6.07, 6.45) is 1.62. The molecule has 2 aromatic heterocycles. The summed E-state index contributed by atoms with van der Waals surface area (Å²) in [6, 6.07) is 9.91. The van der Waals surface area contributed by atoms with Gasteiger partial charge in [0.05, 0.1) is 25.1 Å². The van der Waals surface area contributed by atoms with E-state index < -0.39 is 5.91 Å². The molecule has 0 aliphatic carbocycles. The van der Waals surface area contributed by atoms with Crippen LogP contribution >= 0.6 is 0 Å². The first kappa shape index (κ1) is 27.8. The zero-order valence-electron chi connectivity index (χ0n) is 23.8. The Morgan fingerprint density at radius 3 is 2.56 bits per heavy atom. The molecule has 214 valence electrons. The molecule has 2 N–H and O–H groups in total. The number of ether oxygens (including phenoxy) is 2. The van der Waals surface area contributed by atoms with Crippen LogP contribution < -0.4 is 26.0 Å². The lowest BCUT2D eigenvalue weighted by Gasteiger charge is -2.25. The minimum atomic E-state index is -0.607. The fraction of sp³-hybridized carbons (Fsp3) is 0.333. The van der Waals surface area contributed by atoms with Gasteiger partial charge in [0.25, 0.3) is 5.91 Å². The molecule has 11 heteroatoms. The number of hydrogen-bond acceptors (Lipinski definition) is 8. The second kappa shape index (κ2) is 11.4. The number of fused-ring (bicyclic) bond motifs is 3. The summed E-state index contributed by atoms with van der Waals surface area (Å²) in [6.45, 7) is 9.17. The van der Waals surface area contributed by atoms with Crippen molar-refractivity contribution in [2.75, 3.05) is 20.3 Å². The molecule has 0 unspecified atom stereocenters. The molecule has 1 aliphatic heterocycles. The fourth-order valence-corrected chi connectivity index (χ4v) is 5.29. The standard InChI is InChI=1S/C30H33N5O6/c1-6-40-25-13-20-7-9-34-22(21(20)14-24(25)39-5)15-26(32-27-18(3)11-17(2)12-19(27)4)35(30(34)38)10-8-31-29(37)28-23(36)16-41-33-28/h11-16,36H,6-10H2,1-5H3,(H,31,37)/b32-26+. The Hall–Kier alpha value is -4.80. The predicted molar refractivity (Wildman–Crippen MR) is 152 cm³/mol. The molecule has 0 saturated heterocycles. The van der Waals surface area contributed by atoms with Gasteiger partial charge in [-0.2, -0.15) is 0 Å². The van der Waals surface area contributed by atoms with Crippen molar-refractivity contribution in [3.8, 4) is 28.5 Å². The molecule has 0 bridgehead atoms. The summed E-state index contributed by atoms with van der Waals surface area (Å²) in [5.41, 5.74) is 6.54. The molecular weight excluding hydrogens is 526 g/mol. The van der Waals surface area contributed by atoms with Gasteiger partial charge in [0, 0.05) is 31.3 Å². The quantitative estimate of drug-likeness (QED) is 0.337. The molecule has 2 aromatic carbocycles. The second-order valence-corrected chi connectivity index (χ2v) is 9.98. The van der Waals surface area contributed by atoms with Crippen LogP contribution in [0.1, 0.15) is 39.7 Å². The molecule has 0 radical (unpaired) electrons. The third kappa shape index (κ3) is 5.34. The number of rotatable bonds is 8. The van der Waals surface area contributed by atoms with Crippen molar-refractivity contribution >= 4 is 11.6 Å². The van der Waals surface area contributed by atoms with Gasteiger partial charge >= 0.3 is 5.69 Å². The van der Waals surface area contributed by atoms with Crippen LogP contribution in [-0.4, -0.2) is 45.6 Å². The molecule has 4 aromatic rings. The van der Waals surface area contributed by atoms with E-state index >= 15 is 0 Å². The maximum Gasteiger partial charge on any atom is 0.330 e. The minimum absolute atomic E-state index is 0.0981. The van der Waals surface area contributed by atoms with Crippen LogP contribution in [0.3, 0.4) is 0 Å². The molecule has 0 atom stereocenters. The van der Waals surface area contributed by atoms with Crippen LogP contribution in [0, 0.1) is 20.8 Å². The van der Waals surface area contributed by atoms with Gasteiger partial charge in [-0.15, -0.1) is 0 Å². The maximum absolute atomic E-state index is 14.0. The lowest BCUT2D eigenvalue weighted by molar-refractivity contribution is 0.0940. The number of benzene rings is 2. The summed E-state index contributed by atoms with van der Waals surface area (Å²) in [5, 5.41) is 16.0. The van der Waals surface area contributed by atoms with Gasteiger partial charge in [0.2, 0.25) is 5.69 Å². The molecule has 0 saturated carbocycles. The lowest BCUT2D eigenvalue weighted by atomic mass is 9.97. The molecule has 5 rings (SSSR count). The van der Waals surface area contributed by atoms with Crippen LogP contribution in [0.2, 0.25) is 0 Å². The summed E-state index contributed by atoms with van der Waals surface area (Å²) in [7, 11) is 1.59. The molecule has 3 heterocycles. The first-order chi connectivity index (χ1) is 19.7. The fourth-order valence-electron chi connectivity index (χ4n) is 5.29. The van der Waals surface area contributed by atoms with E-state index in [9.17, 15) is 14.7 Å². The van der Waals surface area contributed by atoms with Gasteiger partial charge < -0.3 is 24.4 Å². The number of methoxy groups -OCH3 is 1. The average molecular weight is 560 g/mol. The number of aromatic nitrogens is 3. The minimum Gasteiger partial charge on any atom is -0.503 e. The van der Waals surface area contributed by atoms with Gasteiger partial charge in [-0.3, -0.25) is 13.9 Å². The highest BCUT2D eigenvalue weighted by atomic mass is 16.5. The van der Waals surface area contributed by atoms with Crippen LogP contribution in [0.15, 0.2) is 50.9 Å². The van der Waals surface area contributed by atoms with Crippen molar-refractivity contribution in [2.24, 2.45) is 4.99 Å². The third-order valence-corrected chi connectivity index (χ3v) is 7.11. The number of carbonyl (C=O) groups excluding carboxylic acids is 1. The Morgan fingerprint density at radius 2 is 1.90 bits per heavy atom. The van der Waals surface area contributed by atoms with E-state index in [1.54, 1.807) is 16.2 Å². The van der Waals surface area contributed by atoms with Crippen LogP contribution in [0.5, 0.6) is 17.2 Å². The first-order valence-electron chi connectivity index (χ1n) is 13.4. The topological polar surface area (TPSA) is 133 Å². The average Bonchev–Trinajstić information content (AvgIpc) is 3.37. The van der Waals surface area contributed by atoms with E-state index in [0.717, 1.165) is 45.5 Å². The normalized spacial score (nSPS) is 12.6. The predicted octanol–water partition coefficient (Wildman–Crippen LogP) is 3.56. The summed E-state index contributed by atoms with van der Waals surface area (Å²) < 4.78 is 19.3. The Kier molecular flexibility index (Phi) is 7.69. The Balaban J connectivity index is 1.63. The van der Waals surface area contributed by atoms with Crippen LogP contribution in [0.25, 0.3) is 11.3 Å². The Morgan fingerprint density at radius 1 is 1.15 bits per heavy atom. The van der Waals surface area contributed by atoms with Gasteiger partial charge in [0.15, 0.2) is 23.5 Å². The van der Waals surface area contributed by atoms with Crippen molar-refractivity contribution in [3.63, 3.8) is 0 Å². The van der Waals surface area contributed by atoms with Crippen LogP contribution in [0.4, 0.5) is 5.69 Å². The Labute approximate surface area is 236 Å². The van der Waals surface area contributed by atoms with E-state index in [2.05, 4.69) is 27.1 Å². The number of aryl methyl sites for hydroxylation is 4. The van der Waals surface area contributed by atoms with Crippen molar-refractivity contribution in [1.82, 2.24) is 19.6 Å². The maximum atomic E-state index is 14.0. The SMILES string of the molecule is CCOc1cc2c(cc1OC)-c1c/c(=N\c3c(C)cc(C)cc3C)n(CCNC(=O)c3nocc3O)c(=O)n1CC2. The Bertz CT molecular complexity index is 1740. The van der Waals surface area contributed by atoms with Crippen molar-refractivity contribution in [1.29, 1.82) is 0 Å². The van der Waals surface area contributed by atoms with Gasteiger partial charge in [-0.05, 0) is 62.9 Å². The molecular formula is C30H33N5O6. The van der Waals surface area contributed by atoms with Gasteiger partial charge in [-0.1, -0.05) is 22.9 Å². The number of aromatic hydroxyl groups is 1. The zero-order valence-corrected chi connectivity index (χ0v) is 23.8. The summed E-state index contributed by atoms with van der Waals surface area (Å²) >= 11 is 0. The number of carbonyl (C=O) groups is 1. The van der Waals surface area contributed by atoms with E-state index in [1.165, 1.54) is 0 Å². The van der Waals surface area contributed by atoms with E-state index in [1.807, 2.05) is 45.9 Å². The largest absolute Gasteiger partial charge is 0.503 e. The zero-order chi connectivity index (χ0) is 29.3. The summed E-state index contributed by atoms with van der Waals surface area (Å²) in [5.74, 6) is 0.294. The number of amides is 1. The molecule has 1 amide bonds. The molecule has 41 heavy (non-hydrogen) atoms. The molecule has 11 nitrogen and oxygen atoms in total. The van der Waals surface area contributed by atoms with E-state index in [0.29, 0.717) is 36.6 Å². The smallest absolute Gasteiger partial charge is 0.330 e. The van der Waals surface area contributed by atoms with E-state index in [-0.39, 0.29) is 30.2 Å². The van der Waals surface area contributed by atoms with Gasteiger partial charge in [-0.25, -0.2) is 9.79 Å². The van der Waals surface area contributed by atoms with Crippen molar-refractivity contribution < 1.29 is 23.9 Å². The van der Waals surface area contributed by atoms with Gasteiger partial charge in [0.1, 0.15) is 5.49 Å². The van der Waals surface area contributed by atoms with E-state index in [4.69, 9.17) is 14.5 Å². The van der Waals surface area contributed by atoms with Crippen molar-refractivity contribution in [3.05, 3.63) is 80.5 Å². The molecule has 0 fully saturated rings. The highest BCUT2D eigenvalue weighted by Crippen LogP contribution is 2.37. The lowest BCUT2D eigenvalue weighted by Crippen LogP contribution is -2.44. The second-order valence-electron chi connectivity index (χ2n) is 9.98. The first-order valence-corrected chi connectivity index (χ1v) is 13.4. The third-order valence-electron chi connectivity index (χ3n) is 7.11. The highest BCUT2D eigenvalue weighted by molar-refractivity contribution is 5.94. The number of hydrogen-bond donors (Lipinski definition) is 2. The van der Waals surface area contributed by atoms with Crippen LogP contribution in [-0.2, 0) is 19.5 Å². The molecule has 1 aliphatic rings. The summed E-state index contributed by atoms with van der Waals surface area (Å²) in [4.78, 5) is 31.4.